The van der Waals surface area contributed by atoms with Gasteiger partial charge in [-0.3, -0.25) is 4.79 Å². The van der Waals surface area contributed by atoms with Crippen LogP contribution in [0.5, 0.6) is 0 Å². The molecular formula is C12H20N4O. The van der Waals surface area contributed by atoms with Gasteiger partial charge in [0.1, 0.15) is 0 Å². The molecule has 94 valence electrons. The molecule has 0 aliphatic carbocycles. The van der Waals surface area contributed by atoms with E-state index in [0.717, 1.165) is 25.9 Å². The minimum Gasteiger partial charge on any atom is -0.336 e. The van der Waals surface area contributed by atoms with E-state index < -0.39 is 0 Å². The monoisotopic (exact) mass is 236 g/mol. The standard InChI is InChI=1S/C12H20N4O/c1-15-8-6-14-11(15)12(17)16-7-2-3-10(9-16)4-5-13/h6,8,10H,2-5,7,9,13H2,1H3. The molecule has 1 atom stereocenters. The molecule has 5 heteroatoms. The first-order valence-corrected chi connectivity index (χ1v) is 6.19. The van der Waals surface area contributed by atoms with E-state index in [-0.39, 0.29) is 5.91 Å². The molecule has 2 heterocycles. The minimum atomic E-state index is 0.0409. The molecule has 1 amide bonds. The van der Waals surface area contributed by atoms with Gasteiger partial charge in [0.25, 0.3) is 5.91 Å². The van der Waals surface area contributed by atoms with Crippen LogP contribution in [0.15, 0.2) is 12.4 Å². The highest BCUT2D eigenvalue weighted by Gasteiger charge is 2.25. The molecule has 1 aromatic rings. The Morgan fingerprint density at radius 1 is 1.65 bits per heavy atom. The van der Waals surface area contributed by atoms with Crippen LogP contribution in [0.1, 0.15) is 29.9 Å². The second-order valence-electron chi connectivity index (χ2n) is 4.70. The van der Waals surface area contributed by atoms with Crippen LogP contribution in [0.25, 0.3) is 0 Å². The highest BCUT2D eigenvalue weighted by molar-refractivity contribution is 5.90. The van der Waals surface area contributed by atoms with Gasteiger partial charge in [0, 0.05) is 32.5 Å². The number of imidazole rings is 1. The molecule has 0 bridgehead atoms. The first-order chi connectivity index (χ1) is 8.22. The van der Waals surface area contributed by atoms with E-state index in [1.165, 1.54) is 6.42 Å². The van der Waals surface area contributed by atoms with Gasteiger partial charge in [-0.15, -0.1) is 0 Å². The lowest BCUT2D eigenvalue weighted by Gasteiger charge is -2.32. The average Bonchev–Trinajstić information content (AvgIpc) is 2.75. The summed E-state index contributed by atoms with van der Waals surface area (Å²) in [5.74, 6) is 1.12. The summed E-state index contributed by atoms with van der Waals surface area (Å²) in [6.45, 7) is 2.37. The number of rotatable bonds is 3. The summed E-state index contributed by atoms with van der Waals surface area (Å²) in [4.78, 5) is 18.3. The predicted molar refractivity (Wildman–Crippen MR) is 65.5 cm³/mol. The number of nitrogens with two attached hydrogens (primary N) is 1. The average molecular weight is 236 g/mol. The Hall–Kier alpha value is -1.36. The smallest absolute Gasteiger partial charge is 0.289 e. The lowest BCUT2D eigenvalue weighted by molar-refractivity contribution is 0.0653. The molecule has 1 aromatic heterocycles. The van der Waals surface area contributed by atoms with E-state index in [2.05, 4.69) is 4.98 Å². The van der Waals surface area contributed by atoms with E-state index in [1.54, 1.807) is 17.0 Å². The fourth-order valence-electron chi connectivity index (χ4n) is 2.43. The highest BCUT2D eigenvalue weighted by atomic mass is 16.2. The molecule has 0 spiro atoms. The third kappa shape index (κ3) is 2.66. The van der Waals surface area contributed by atoms with E-state index in [0.29, 0.717) is 18.3 Å². The van der Waals surface area contributed by atoms with Crippen LogP contribution in [0.3, 0.4) is 0 Å². The Bertz CT molecular complexity index is 386. The van der Waals surface area contributed by atoms with Gasteiger partial charge >= 0.3 is 0 Å². The number of amides is 1. The topological polar surface area (TPSA) is 64.2 Å². The number of likely N-dealkylation sites (tertiary alicyclic amines) is 1. The molecule has 2 N–H and O–H groups in total. The number of hydrogen-bond acceptors (Lipinski definition) is 3. The quantitative estimate of drug-likeness (QED) is 0.836. The zero-order chi connectivity index (χ0) is 12.3. The fraction of sp³-hybridized carbons (Fsp3) is 0.667. The molecule has 1 aliphatic rings. The Morgan fingerprint density at radius 3 is 3.12 bits per heavy atom. The summed E-state index contributed by atoms with van der Waals surface area (Å²) in [7, 11) is 1.85. The molecular weight excluding hydrogens is 216 g/mol. The van der Waals surface area contributed by atoms with Crippen LogP contribution >= 0.6 is 0 Å². The number of carbonyl (C=O) groups excluding carboxylic acids is 1. The summed E-state index contributed by atoms with van der Waals surface area (Å²) in [5, 5.41) is 0. The Kier molecular flexibility index (Phi) is 3.78. The summed E-state index contributed by atoms with van der Waals surface area (Å²) in [6.07, 6.45) is 6.72. The van der Waals surface area contributed by atoms with Crippen molar-refractivity contribution in [2.75, 3.05) is 19.6 Å². The maximum Gasteiger partial charge on any atom is 0.289 e. The van der Waals surface area contributed by atoms with Gasteiger partial charge < -0.3 is 15.2 Å². The van der Waals surface area contributed by atoms with Crippen LogP contribution < -0.4 is 5.73 Å². The number of nitrogens with zero attached hydrogens (tertiary/aromatic N) is 3. The summed E-state index contributed by atoms with van der Waals surface area (Å²) >= 11 is 0. The van der Waals surface area contributed by atoms with Gasteiger partial charge in [0.05, 0.1) is 0 Å². The number of aromatic nitrogens is 2. The van der Waals surface area contributed by atoms with E-state index >= 15 is 0 Å². The molecule has 1 fully saturated rings. The lowest BCUT2D eigenvalue weighted by Crippen LogP contribution is -2.41. The van der Waals surface area contributed by atoms with Crippen LogP contribution in [0.4, 0.5) is 0 Å². The highest BCUT2D eigenvalue weighted by Crippen LogP contribution is 2.20. The summed E-state index contributed by atoms with van der Waals surface area (Å²) < 4.78 is 1.77. The van der Waals surface area contributed by atoms with Gasteiger partial charge in [-0.1, -0.05) is 0 Å². The molecule has 0 saturated carbocycles. The third-order valence-corrected chi connectivity index (χ3v) is 3.39. The second kappa shape index (κ2) is 5.31. The normalized spacial score (nSPS) is 20.6. The number of aryl methyl sites for hydroxylation is 1. The molecule has 1 aliphatic heterocycles. The van der Waals surface area contributed by atoms with Crippen molar-refractivity contribution >= 4 is 5.91 Å². The lowest BCUT2D eigenvalue weighted by atomic mass is 9.95. The molecule has 17 heavy (non-hydrogen) atoms. The van der Waals surface area contributed by atoms with Crippen molar-refractivity contribution < 1.29 is 4.79 Å². The van der Waals surface area contributed by atoms with E-state index in [9.17, 15) is 4.79 Å². The number of piperidine rings is 1. The molecule has 2 rings (SSSR count). The van der Waals surface area contributed by atoms with Crippen LogP contribution in [0.2, 0.25) is 0 Å². The van der Waals surface area contributed by atoms with Crippen molar-refractivity contribution in [1.29, 1.82) is 0 Å². The van der Waals surface area contributed by atoms with E-state index in [4.69, 9.17) is 5.73 Å². The summed E-state index contributed by atoms with van der Waals surface area (Å²) in [5.41, 5.74) is 5.58. The largest absolute Gasteiger partial charge is 0.336 e. The zero-order valence-corrected chi connectivity index (χ0v) is 10.3. The Morgan fingerprint density at radius 2 is 2.47 bits per heavy atom. The molecule has 1 saturated heterocycles. The van der Waals surface area contributed by atoms with Crippen molar-refractivity contribution in [3.63, 3.8) is 0 Å². The SMILES string of the molecule is Cn1ccnc1C(=O)N1CCCC(CCN)C1. The fourth-order valence-corrected chi connectivity index (χ4v) is 2.43. The van der Waals surface area contributed by atoms with Gasteiger partial charge in [-0.25, -0.2) is 4.98 Å². The Balaban J connectivity index is 2.02. The maximum atomic E-state index is 12.2. The summed E-state index contributed by atoms with van der Waals surface area (Å²) in [6, 6.07) is 0. The third-order valence-electron chi connectivity index (χ3n) is 3.39. The molecule has 1 unspecified atom stereocenters. The molecule has 0 aromatic carbocycles. The maximum absolute atomic E-state index is 12.2. The Labute approximate surface area is 102 Å². The second-order valence-corrected chi connectivity index (χ2v) is 4.70. The zero-order valence-electron chi connectivity index (χ0n) is 10.3. The first-order valence-electron chi connectivity index (χ1n) is 6.19. The van der Waals surface area contributed by atoms with E-state index in [1.807, 2.05) is 11.9 Å². The van der Waals surface area contributed by atoms with Gasteiger partial charge in [0.15, 0.2) is 5.82 Å². The number of carbonyl (C=O) groups is 1. The molecule has 5 nitrogen and oxygen atoms in total. The van der Waals surface area contributed by atoms with Crippen molar-refractivity contribution in [1.82, 2.24) is 14.5 Å². The van der Waals surface area contributed by atoms with Crippen LogP contribution in [0, 0.1) is 5.92 Å². The van der Waals surface area contributed by atoms with Gasteiger partial charge in [-0.2, -0.15) is 0 Å². The van der Waals surface area contributed by atoms with Crippen molar-refractivity contribution in [2.24, 2.45) is 18.7 Å². The van der Waals surface area contributed by atoms with Crippen molar-refractivity contribution in [3.05, 3.63) is 18.2 Å². The minimum absolute atomic E-state index is 0.0409. The van der Waals surface area contributed by atoms with Crippen LogP contribution in [-0.4, -0.2) is 40.0 Å². The van der Waals surface area contributed by atoms with Crippen LogP contribution in [-0.2, 0) is 7.05 Å². The predicted octanol–water partition coefficient (Wildman–Crippen LogP) is 0.621. The van der Waals surface area contributed by atoms with Gasteiger partial charge in [-0.05, 0) is 31.7 Å². The number of hydrogen-bond donors (Lipinski definition) is 1. The molecule has 0 radical (unpaired) electrons. The van der Waals surface area contributed by atoms with Crippen molar-refractivity contribution in [3.8, 4) is 0 Å². The van der Waals surface area contributed by atoms with Crippen molar-refractivity contribution in [2.45, 2.75) is 19.3 Å². The van der Waals surface area contributed by atoms with Gasteiger partial charge in [0.2, 0.25) is 0 Å². The first kappa shape index (κ1) is 12.1.